The third-order valence-corrected chi connectivity index (χ3v) is 3.64. The highest BCUT2D eigenvalue weighted by atomic mass is 15.2. The summed E-state index contributed by atoms with van der Waals surface area (Å²) in [5.41, 5.74) is 5.28. The molecule has 2 heterocycles. The molecule has 0 saturated carbocycles. The molecule has 19 heavy (non-hydrogen) atoms. The van der Waals surface area contributed by atoms with Crippen molar-refractivity contribution >= 4 is 0 Å². The lowest BCUT2D eigenvalue weighted by Gasteiger charge is -2.07. The van der Waals surface area contributed by atoms with E-state index in [0.717, 1.165) is 31.7 Å². The minimum atomic E-state index is 0.937. The van der Waals surface area contributed by atoms with Crippen LogP contribution < -0.4 is 5.32 Å². The second-order valence-corrected chi connectivity index (χ2v) is 5.05. The second kappa shape index (κ2) is 6.06. The summed E-state index contributed by atoms with van der Waals surface area (Å²) < 4.78 is 4.21. The summed E-state index contributed by atoms with van der Waals surface area (Å²) in [7, 11) is 1.95. The standard InChI is InChI=1S/C15H24N4/c1-5-19-12(2)10-14(13(19)3)11-16-8-6-15-7-9-18(4)17-15/h7,9-10,16H,5-6,8,11H2,1-4H3. The van der Waals surface area contributed by atoms with Crippen LogP contribution in [0.2, 0.25) is 0 Å². The highest BCUT2D eigenvalue weighted by Crippen LogP contribution is 2.14. The van der Waals surface area contributed by atoms with Crippen molar-refractivity contribution in [2.75, 3.05) is 6.54 Å². The molecule has 1 N–H and O–H groups in total. The molecule has 4 heteroatoms. The second-order valence-electron chi connectivity index (χ2n) is 5.05. The summed E-state index contributed by atoms with van der Waals surface area (Å²) in [6.45, 7) is 9.52. The summed E-state index contributed by atoms with van der Waals surface area (Å²) in [5.74, 6) is 0. The summed E-state index contributed by atoms with van der Waals surface area (Å²) in [4.78, 5) is 0. The lowest BCUT2D eigenvalue weighted by molar-refractivity contribution is 0.657. The predicted octanol–water partition coefficient (Wildman–Crippen LogP) is 2.19. The van der Waals surface area contributed by atoms with Gasteiger partial charge in [0, 0.05) is 50.7 Å². The predicted molar refractivity (Wildman–Crippen MR) is 78.2 cm³/mol. The first-order chi connectivity index (χ1) is 9.11. The SMILES string of the molecule is CCn1c(C)cc(CNCCc2ccn(C)n2)c1C. The average molecular weight is 260 g/mol. The quantitative estimate of drug-likeness (QED) is 0.808. The molecule has 0 fully saturated rings. The van der Waals surface area contributed by atoms with Crippen molar-refractivity contribution in [3.8, 4) is 0 Å². The lowest BCUT2D eigenvalue weighted by atomic mass is 10.2. The number of hydrogen-bond acceptors (Lipinski definition) is 2. The van der Waals surface area contributed by atoms with Crippen LogP contribution in [0.5, 0.6) is 0 Å². The van der Waals surface area contributed by atoms with Gasteiger partial charge in [0.25, 0.3) is 0 Å². The zero-order valence-electron chi connectivity index (χ0n) is 12.4. The zero-order chi connectivity index (χ0) is 13.8. The number of hydrogen-bond donors (Lipinski definition) is 1. The molecule has 0 aromatic carbocycles. The van der Waals surface area contributed by atoms with Crippen molar-refractivity contribution < 1.29 is 0 Å². The van der Waals surface area contributed by atoms with Gasteiger partial charge in [-0.15, -0.1) is 0 Å². The maximum atomic E-state index is 4.38. The highest BCUT2D eigenvalue weighted by molar-refractivity contribution is 5.26. The average Bonchev–Trinajstić information content (AvgIpc) is 2.90. The molecule has 0 aliphatic heterocycles. The van der Waals surface area contributed by atoms with Gasteiger partial charge in [-0.3, -0.25) is 4.68 Å². The summed E-state index contributed by atoms with van der Waals surface area (Å²) in [5, 5.41) is 7.88. The fourth-order valence-corrected chi connectivity index (χ4v) is 2.57. The van der Waals surface area contributed by atoms with Crippen LogP contribution in [0, 0.1) is 13.8 Å². The van der Waals surface area contributed by atoms with Gasteiger partial charge in [0.05, 0.1) is 5.69 Å². The number of aromatic nitrogens is 3. The van der Waals surface area contributed by atoms with Gasteiger partial charge in [-0.25, -0.2) is 0 Å². The first kappa shape index (κ1) is 13.9. The molecule has 0 radical (unpaired) electrons. The molecule has 0 bridgehead atoms. The van der Waals surface area contributed by atoms with Gasteiger partial charge in [-0.05, 0) is 38.5 Å². The van der Waals surface area contributed by atoms with Crippen LogP contribution in [-0.2, 0) is 26.6 Å². The summed E-state index contributed by atoms with van der Waals surface area (Å²) in [6, 6.07) is 4.36. The van der Waals surface area contributed by atoms with Gasteiger partial charge < -0.3 is 9.88 Å². The molecule has 4 nitrogen and oxygen atoms in total. The highest BCUT2D eigenvalue weighted by Gasteiger charge is 2.07. The molecule has 2 rings (SSSR count). The maximum absolute atomic E-state index is 4.38. The number of nitrogens with zero attached hydrogens (tertiary/aromatic N) is 3. The minimum Gasteiger partial charge on any atom is -0.349 e. The molecule has 0 amide bonds. The van der Waals surface area contributed by atoms with Crippen LogP contribution in [0.4, 0.5) is 0 Å². The van der Waals surface area contributed by atoms with Crippen molar-refractivity contribution in [3.63, 3.8) is 0 Å². The Morgan fingerprint density at radius 2 is 2.11 bits per heavy atom. The Balaban J connectivity index is 1.83. The summed E-state index contributed by atoms with van der Waals surface area (Å²) in [6.07, 6.45) is 2.97. The van der Waals surface area contributed by atoms with Crippen LogP contribution in [-0.4, -0.2) is 20.9 Å². The Morgan fingerprint density at radius 1 is 1.32 bits per heavy atom. The van der Waals surface area contributed by atoms with E-state index in [1.54, 1.807) is 0 Å². The molecule has 2 aromatic rings. The molecular weight excluding hydrogens is 236 g/mol. The molecule has 0 atom stereocenters. The molecule has 0 unspecified atom stereocenters. The fourth-order valence-electron chi connectivity index (χ4n) is 2.57. The molecule has 104 valence electrons. The molecule has 0 aliphatic rings. The zero-order valence-corrected chi connectivity index (χ0v) is 12.4. The molecule has 0 spiro atoms. The van der Waals surface area contributed by atoms with E-state index in [9.17, 15) is 0 Å². The van der Waals surface area contributed by atoms with Crippen molar-refractivity contribution in [1.29, 1.82) is 0 Å². The van der Waals surface area contributed by atoms with E-state index in [1.807, 2.05) is 17.9 Å². The van der Waals surface area contributed by atoms with Crippen molar-refractivity contribution in [1.82, 2.24) is 19.7 Å². The van der Waals surface area contributed by atoms with Crippen molar-refractivity contribution in [2.45, 2.75) is 40.3 Å². The minimum absolute atomic E-state index is 0.937. The smallest absolute Gasteiger partial charge is 0.0637 e. The van der Waals surface area contributed by atoms with Gasteiger partial charge in [-0.1, -0.05) is 0 Å². The normalized spacial score (nSPS) is 11.2. The van der Waals surface area contributed by atoms with Gasteiger partial charge in [0.1, 0.15) is 0 Å². The first-order valence-corrected chi connectivity index (χ1v) is 6.96. The van der Waals surface area contributed by atoms with Crippen LogP contribution in [0.3, 0.4) is 0 Å². The van der Waals surface area contributed by atoms with Gasteiger partial charge in [-0.2, -0.15) is 5.10 Å². The van der Waals surface area contributed by atoms with Gasteiger partial charge >= 0.3 is 0 Å². The molecule has 0 saturated heterocycles. The van der Waals surface area contributed by atoms with Crippen LogP contribution in [0.25, 0.3) is 0 Å². The first-order valence-electron chi connectivity index (χ1n) is 6.96. The number of aryl methyl sites for hydroxylation is 2. The van der Waals surface area contributed by atoms with Crippen LogP contribution in [0.15, 0.2) is 18.3 Å². The molecular formula is C15H24N4. The van der Waals surface area contributed by atoms with E-state index in [1.165, 1.54) is 17.0 Å². The van der Waals surface area contributed by atoms with E-state index in [0.29, 0.717) is 0 Å². The lowest BCUT2D eigenvalue weighted by Crippen LogP contribution is -2.17. The van der Waals surface area contributed by atoms with Crippen molar-refractivity contribution in [3.05, 3.63) is 41.0 Å². The largest absolute Gasteiger partial charge is 0.349 e. The van der Waals surface area contributed by atoms with E-state index in [2.05, 4.69) is 47.9 Å². The fraction of sp³-hybridized carbons (Fsp3) is 0.533. The maximum Gasteiger partial charge on any atom is 0.0637 e. The van der Waals surface area contributed by atoms with Gasteiger partial charge in [0.2, 0.25) is 0 Å². The molecule has 0 aliphatic carbocycles. The van der Waals surface area contributed by atoms with E-state index in [-0.39, 0.29) is 0 Å². The third kappa shape index (κ3) is 3.26. The number of rotatable bonds is 6. The Morgan fingerprint density at radius 3 is 2.68 bits per heavy atom. The Hall–Kier alpha value is -1.55. The van der Waals surface area contributed by atoms with E-state index >= 15 is 0 Å². The monoisotopic (exact) mass is 260 g/mol. The van der Waals surface area contributed by atoms with Gasteiger partial charge in [0.15, 0.2) is 0 Å². The van der Waals surface area contributed by atoms with Crippen molar-refractivity contribution in [2.24, 2.45) is 7.05 Å². The Kier molecular flexibility index (Phi) is 4.43. The third-order valence-electron chi connectivity index (χ3n) is 3.64. The molecule has 2 aromatic heterocycles. The Bertz CT molecular complexity index is 536. The topological polar surface area (TPSA) is 34.8 Å². The van der Waals surface area contributed by atoms with E-state index in [4.69, 9.17) is 0 Å². The van der Waals surface area contributed by atoms with E-state index < -0.39 is 0 Å². The summed E-state index contributed by atoms with van der Waals surface area (Å²) >= 11 is 0. The van der Waals surface area contributed by atoms with Crippen LogP contribution in [0.1, 0.15) is 29.6 Å². The van der Waals surface area contributed by atoms with Crippen LogP contribution >= 0.6 is 0 Å². The number of nitrogens with one attached hydrogen (secondary N) is 1. The Labute approximate surface area is 115 Å².